The maximum absolute atomic E-state index is 12.6. The fraction of sp³-hybridized carbons (Fsp3) is 0.375. The number of benzene rings is 2. The minimum Gasteiger partial charge on any atom is -0.480 e. The molecular formula is C24H28N2O6. The summed E-state index contributed by atoms with van der Waals surface area (Å²) < 4.78 is 5.48. The maximum Gasteiger partial charge on any atom is 0.407 e. The van der Waals surface area contributed by atoms with Crippen LogP contribution in [0.4, 0.5) is 4.79 Å². The van der Waals surface area contributed by atoms with Crippen LogP contribution in [0.1, 0.15) is 37.3 Å². The van der Waals surface area contributed by atoms with Crippen LogP contribution in [0.2, 0.25) is 0 Å². The summed E-state index contributed by atoms with van der Waals surface area (Å²) in [5.41, 5.74) is 4.38. The van der Waals surface area contributed by atoms with Gasteiger partial charge in [-0.2, -0.15) is 0 Å². The van der Waals surface area contributed by atoms with Crippen molar-refractivity contribution in [3.8, 4) is 11.1 Å². The lowest BCUT2D eigenvalue weighted by molar-refractivity contribution is -0.142. The number of carbonyl (C=O) groups excluding carboxylic acids is 2. The SMILES string of the molecule is CC(C)[C@H](NC(=O)OCC1c2ccccc2-c2ccccc21)C(=O)N[C@@H](CCO)C(=O)O. The van der Waals surface area contributed by atoms with E-state index in [4.69, 9.17) is 9.84 Å². The minimum absolute atomic E-state index is 0.106. The molecule has 8 heteroatoms. The number of hydrogen-bond donors (Lipinski definition) is 4. The lowest BCUT2D eigenvalue weighted by atomic mass is 9.98. The van der Waals surface area contributed by atoms with E-state index in [1.807, 2.05) is 48.5 Å². The first-order chi connectivity index (χ1) is 15.3. The normalized spacial score (nSPS) is 14.2. The lowest BCUT2D eigenvalue weighted by Gasteiger charge is -2.24. The molecule has 0 spiro atoms. The average Bonchev–Trinajstić information content (AvgIpc) is 3.09. The van der Waals surface area contributed by atoms with Crippen LogP contribution in [-0.2, 0) is 14.3 Å². The Morgan fingerprint density at radius 2 is 1.53 bits per heavy atom. The fourth-order valence-electron chi connectivity index (χ4n) is 3.95. The summed E-state index contributed by atoms with van der Waals surface area (Å²) in [7, 11) is 0. The van der Waals surface area contributed by atoms with Gasteiger partial charge in [0.05, 0.1) is 0 Å². The van der Waals surface area contributed by atoms with Crippen molar-refractivity contribution >= 4 is 18.0 Å². The summed E-state index contributed by atoms with van der Waals surface area (Å²) >= 11 is 0. The summed E-state index contributed by atoms with van der Waals surface area (Å²) in [5.74, 6) is -2.31. The molecule has 4 N–H and O–H groups in total. The van der Waals surface area contributed by atoms with Gasteiger partial charge < -0.3 is 25.6 Å². The molecule has 0 aromatic heterocycles. The number of amides is 2. The maximum atomic E-state index is 12.6. The molecule has 1 aliphatic rings. The molecule has 2 aromatic rings. The van der Waals surface area contributed by atoms with Gasteiger partial charge in [0.2, 0.25) is 5.91 Å². The van der Waals surface area contributed by atoms with Crippen molar-refractivity contribution in [3.63, 3.8) is 0 Å². The first kappa shape index (κ1) is 23.3. The molecule has 8 nitrogen and oxygen atoms in total. The number of aliphatic carboxylic acids is 1. The van der Waals surface area contributed by atoms with E-state index >= 15 is 0 Å². The van der Waals surface area contributed by atoms with E-state index in [-0.39, 0.29) is 31.5 Å². The van der Waals surface area contributed by atoms with Crippen LogP contribution in [0.5, 0.6) is 0 Å². The molecule has 0 bridgehead atoms. The van der Waals surface area contributed by atoms with E-state index in [0.29, 0.717) is 0 Å². The van der Waals surface area contributed by atoms with E-state index in [2.05, 4.69) is 10.6 Å². The van der Waals surface area contributed by atoms with Gasteiger partial charge in [0.1, 0.15) is 18.7 Å². The molecule has 2 amide bonds. The summed E-state index contributed by atoms with van der Waals surface area (Å²) in [5, 5.41) is 23.1. The van der Waals surface area contributed by atoms with E-state index in [1.54, 1.807) is 13.8 Å². The zero-order chi connectivity index (χ0) is 23.3. The van der Waals surface area contributed by atoms with Crippen LogP contribution in [0.15, 0.2) is 48.5 Å². The van der Waals surface area contributed by atoms with E-state index in [1.165, 1.54) is 0 Å². The summed E-state index contributed by atoms with van der Waals surface area (Å²) in [6.45, 7) is 3.18. The van der Waals surface area contributed by atoms with Crippen LogP contribution in [0.3, 0.4) is 0 Å². The zero-order valence-corrected chi connectivity index (χ0v) is 18.1. The molecule has 0 fully saturated rings. The highest BCUT2D eigenvalue weighted by molar-refractivity contribution is 5.89. The highest BCUT2D eigenvalue weighted by Crippen LogP contribution is 2.44. The number of ether oxygens (including phenoxy) is 1. The number of carboxylic acids is 1. The van der Waals surface area contributed by atoms with Crippen molar-refractivity contribution < 1.29 is 29.3 Å². The molecule has 2 atom stereocenters. The number of rotatable bonds is 9. The van der Waals surface area contributed by atoms with Crippen LogP contribution >= 0.6 is 0 Å². The van der Waals surface area contributed by atoms with E-state index in [9.17, 15) is 19.5 Å². The number of alkyl carbamates (subject to hydrolysis) is 1. The molecule has 0 heterocycles. The smallest absolute Gasteiger partial charge is 0.407 e. The molecular weight excluding hydrogens is 412 g/mol. The van der Waals surface area contributed by atoms with Crippen LogP contribution in [-0.4, -0.2) is 53.5 Å². The van der Waals surface area contributed by atoms with Crippen molar-refractivity contribution in [3.05, 3.63) is 59.7 Å². The topological polar surface area (TPSA) is 125 Å². The lowest BCUT2D eigenvalue weighted by Crippen LogP contribution is -2.54. The van der Waals surface area contributed by atoms with Crippen molar-refractivity contribution in [2.75, 3.05) is 13.2 Å². The highest BCUT2D eigenvalue weighted by atomic mass is 16.5. The first-order valence-corrected chi connectivity index (χ1v) is 10.6. The van der Waals surface area contributed by atoms with Gasteiger partial charge in [0.15, 0.2) is 0 Å². The molecule has 0 radical (unpaired) electrons. The van der Waals surface area contributed by atoms with Gasteiger partial charge in [0.25, 0.3) is 0 Å². The number of carbonyl (C=O) groups is 3. The standard InChI is InChI=1S/C24H28N2O6/c1-14(2)21(22(28)25-20(11-12-27)23(29)30)26-24(31)32-13-19-17-9-5-3-7-15(17)16-8-4-6-10-18(16)19/h3-10,14,19-21,27H,11-13H2,1-2H3,(H,25,28)(H,26,31)(H,29,30)/t20-,21-/m0/s1. The molecule has 0 saturated heterocycles. The second-order valence-electron chi connectivity index (χ2n) is 8.10. The molecule has 170 valence electrons. The van der Waals surface area contributed by atoms with Gasteiger partial charge >= 0.3 is 12.1 Å². The Balaban J connectivity index is 1.65. The Hall–Kier alpha value is -3.39. The Bertz CT molecular complexity index is 944. The Labute approximate surface area is 186 Å². The highest BCUT2D eigenvalue weighted by Gasteiger charge is 2.31. The molecule has 3 rings (SSSR count). The average molecular weight is 440 g/mol. The largest absolute Gasteiger partial charge is 0.480 e. The molecule has 0 aliphatic heterocycles. The quantitative estimate of drug-likeness (QED) is 0.475. The van der Waals surface area contributed by atoms with Crippen LogP contribution in [0, 0.1) is 5.92 Å². The van der Waals surface area contributed by atoms with Crippen LogP contribution < -0.4 is 10.6 Å². The van der Waals surface area contributed by atoms with Crippen molar-refractivity contribution in [1.82, 2.24) is 10.6 Å². The molecule has 2 aromatic carbocycles. The van der Waals surface area contributed by atoms with E-state index in [0.717, 1.165) is 22.3 Å². The van der Waals surface area contributed by atoms with Gasteiger partial charge in [-0.1, -0.05) is 62.4 Å². The number of carboxylic acid groups (broad SMARTS) is 1. The molecule has 0 unspecified atom stereocenters. The van der Waals surface area contributed by atoms with Gasteiger partial charge in [-0.15, -0.1) is 0 Å². The number of fused-ring (bicyclic) bond motifs is 3. The number of hydrogen-bond acceptors (Lipinski definition) is 5. The number of aliphatic hydroxyl groups excluding tert-OH is 1. The summed E-state index contributed by atoms with van der Waals surface area (Å²) in [6.07, 6.45) is -0.883. The number of aliphatic hydroxyl groups is 1. The van der Waals surface area contributed by atoms with Gasteiger partial charge in [-0.3, -0.25) is 4.79 Å². The second kappa shape index (κ2) is 10.3. The van der Waals surface area contributed by atoms with E-state index < -0.39 is 30.1 Å². The van der Waals surface area contributed by atoms with Crippen LogP contribution in [0.25, 0.3) is 11.1 Å². The predicted molar refractivity (Wildman–Crippen MR) is 118 cm³/mol. The third-order valence-electron chi connectivity index (χ3n) is 5.60. The van der Waals surface area contributed by atoms with Crippen molar-refractivity contribution in [2.24, 2.45) is 5.92 Å². The Morgan fingerprint density at radius 3 is 2.03 bits per heavy atom. The summed E-state index contributed by atoms with van der Waals surface area (Å²) in [6, 6.07) is 13.7. The van der Waals surface area contributed by atoms with Crippen molar-refractivity contribution in [1.29, 1.82) is 0 Å². The van der Waals surface area contributed by atoms with Gasteiger partial charge in [-0.05, 0) is 28.2 Å². The Kier molecular flexibility index (Phi) is 7.48. The molecule has 1 aliphatic carbocycles. The molecule has 32 heavy (non-hydrogen) atoms. The first-order valence-electron chi connectivity index (χ1n) is 10.6. The molecule has 0 saturated carbocycles. The summed E-state index contributed by atoms with van der Waals surface area (Å²) in [4.78, 5) is 36.3. The fourth-order valence-corrected chi connectivity index (χ4v) is 3.95. The Morgan fingerprint density at radius 1 is 0.969 bits per heavy atom. The second-order valence-corrected chi connectivity index (χ2v) is 8.10. The zero-order valence-electron chi connectivity index (χ0n) is 18.1. The van der Waals surface area contributed by atoms with Gasteiger partial charge in [0, 0.05) is 18.9 Å². The number of nitrogens with one attached hydrogen (secondary N) is 2. The third-order valence-corrected chi connectivity index (χ3v) is 5.60. The van der Waals surface area contributed by atoms with Crippen molar-refractivity contribution in [2.45, 2.75) is 38.3 Å². The predicted octanol–water partition coefficient (Wildman–Crippen LogP) is 2.50. The third kappa shape index (κ3) is 5.08. The monoisotopic (exact) mass is 440 g/mol. The minimum atomic E-state index is -1.25. The van der Waals surface area contributed by atoms with Gasteiger partial charge in [-0.25, -0.2) is 9.59 Å².